The van der Waals surface area contributed by atoms with Gasteiger partial charge in [-0.25, -0.2) is 9.67 Å². The SMILES string of the molecule is Cc1nc(Oc2cc(C#N)ccc2-n2cc([C@@H](O)CN)cn2)cc(N2CCC(C(F)(F)F)CC2)n1. The summed E-state index contributed by atoms with van der Waals surface area (Å²) in [6.07, 6.45) is -2.00. The Morgan fingerprint density at radius 1 is 1.26 bits per heavy atom. The van der Waals surface area contributed by atoms with Crippen LogP contribution in [0.15, 0.2) is 36.7 Å². The molecule has 0 aliphatic carbocycles. The van der Waals surface area contributed by atoms with E-state index < -0.39 is 18.2 Å². The number of nitrogens with two attached hydrogens (primary N) is 1. The molecule has 0 spiro atoms. The van der Waals surface area contributed by atoms with E-state index in [0.29, 0.717) is 28.5 Å². The fraction of sp³-hybridized carbons (Fsp3) is 0.391. The Morgan fingerprint density at radius 3 is 2.66 bits per heavy atom. The van der Waals surface area contributed by atoms with Crippen LogP contribution in [-0.2, 0) is 0 Å². The van der Waals surface area contributed by atoms with Crippen molar-refractivity contribution in [1.29, 1.82) is 5.26 Å². The number of aliphatic hydroxyl groups is 1. The molecule has 3 heterocycles. The largest absolute Gasteiger partial charge is 0.437 e. The van der Waals surface area contributed by atoms with Crippen molar-refractivity contribution in [2.75, 3.05) is 24.5 Å². The molecule has 184 valence electrons. The molecule has 0 unspecified atom stereocenters. The van der Waals surface area contributed by atoms with Gasteiger partial charge in [0.05, 0.1) is 29.9 Å². The van der Waals surface area contributed by atoms with Gasteiger partial charge >= 0.3 is 6.18 Å². The van der Waals surface area contributed by atoms with Crippen molar-refractivity contribution in [3.8, 4) is 23.4 Å². The van der Waals surface area contributed by atoms with Crippen molar-refractivity contribution in [2.45, 2.75) is 32.0 Å². The molecule has 0 saturated carbocycles. The fourth-order valence-electron chi connectivity index (χ4n) is 3.92. The summed E-state index contributed by atoms with van der Waals surface area (Å²) in [5, 5.41) is 23.6. The number of halogens is 3. The third-order valence-electron chi connectivity index (χ3n) is 5.84. The molecule has 0 bridgehead atoms. The number of aliphatic hydroxyl groups excluding tert-OH is 1. The number of anilines is 1. The summed E-state index contributed by atoms with van der Waals surface area (Å²) in [5.41, 5.74) is 6.87. The first-order chi connectivity index (χ1) is 16.7. The molecule has 1 aliphatic heterocycles. The second-order valence-electron chi connectivity index (χ2n) is 8.28. The Labute approximate surface area is 199 Å². The summed E-state index contributed by atoms with van der Waals surface area (Å²) in [6, 6.07) is 8.40. The Bertz CT molecular complexity index is 1230. The lowest BCUT2D eigenvalue weighted by molar-refractivity contribution is -0.179. The number of hydrogen-bond donors (Lipinski definition) is 2. The van der Waals surface area contributed by atoms with Crippen LogP contribution in [0.3, 0.4) is 0 Å². The molecule has 0 amide bonds. The molecule has 12 heteroatoms. The first-order valence-electron chi connectivity index (χ1n) is 11.0. The second-order valence-corrected chi connectivity index (χ2v) is 8.28. The van der Waals surface area contributed by atoms with Gasteiger partial charge in [-0.15, -0.1) is 0 Å². The van der Waals surface area contributed by atoms with Crippen LogP contribution in [0, 0.1) is 24.2 Å². The van der Waals surface area contributed by atoms with Gasteiger partial charge in [0, 0.05) is 43.5 Å². The van der Waals surface area contributed by atoms with Gasteiger partial charge in [-0.05, 0) is 31.9 Å². The molecule has 1 aromatic carbocycles. The summed E-state index contributed by atoms with van der Waals surface area (Å²) in [7, 11) is 0. The zero-order valence-corrected chi connectivity index (χ0v) is 18.9. The van der Waals surface area contributed by atoms with E-state index in [1.807, 2.05) is 0 Å². The van der Waals surface area contributed by atoms with E-state index in [-0.39, 0.29) is 44.1 Å². The normalized spacial score (nSPS) is 15.6. The Hall–Kier alpha value is -3.69. The fourth-order valence-corrected chi connectivity index (χ4v) is 3.92. The highest BCUT2D eigenvalue weighted by molar-refractivity contribution is 5.53. The zero-order valence-electron chi connectivity index (χ0n) is 18.9. The first kappa shape index (κ1) is 24.4. The molecule has 2 aromatic heterocycles. The highest BCUT2D eigenvalue weighted by Gasteiger charge is 2.41. The zero-order chi connectivity index (χ0) is 25.2. The third-order valence-corrected chi connectivity index (χ3v) is 5.84. The molecular formula is C23H24F3N7O2. The quantitative estimate of drug-likeness (QED) is 0.542. The monoisotopic (exact) mass is 487 g/mol. The third kappa shape index (κ3) is 5.52. The van der Waals surface area contributed by atoms with Crippen LogP contribution in [0.2, 0.25) is 0 Å². The number of piperidine rings is 1. The minimum atomic E-state index is -4.20. The summed E-state index contributed by atoms with van der Waals surface area (Å²) >= 11 is 0. The lowest BCUT2D eigenvalue weighted by atomic mass is 9.96. The van der Waals surface area contributed by atoms with E-state index in [1.165, 1.54) is 16.9 Å². The van der Waals surface area contributed by atoms with E-state index in [0.717, 1.165) is 0 Å². The van der Waals surface area contributed by atoms with Crippen LogP contribution in [0.5, 0.6) is 11.6 Å². The molecular weight excluding hydrogens is 463 g/mol. The van der Waals surface area contributed by atoms with Crippen LogP contribution in [0.1, 0.15) is 35.9 Å². The Balaban J connectivity index is 1.61. The number of benzene rings is 1. The van der Waals surface area contributed by atoms with Gasteiger partial charge in [-0.3, -0.25) is 0 Å². The highest BCUT2D eigenvalue weighted by atomic mass is 19.4. The van der Waals surface area contributed by atoms with E-state index in [2.05, 4.69) is 21.1 Å². The summed E-state index contributed by atoms with van der Waals surface area (Å²) in [4.78, 5) is 10.5. The molecule has 4 rings (SSSR count). The molecule has 0 radical (unpaired) electrons. The lowest BCUT2D eigenvalue weighted by Crippen LogP contribution is -2.39. The van der Waals surface area contributed by atoms with Crippen LogP contribution >= 0.6 is 0 Å². The van der Waals surface area contributed by atoms with E-state index in [9.17, 15) is 23.5 Å². The van der Waals surface area contributed by atoms with Crippen LogP contribution < -0.4 is 15.4 Å². The van der Waals surface area contributed by atoms with Crippen molar-refractivity contribution < 1.29 is 23.0 Å². The Morgan fingerprint density at radius 2 is 2.00 bits per heavy atom. The number of aryl methyl sites for hydroxylation is 1. The molecule has 1 fully saturated rings. The highest BCUT2D eigenvalue weighted by Crippen LogP contribution is 2.36. The topological polar surface area (TPSA) is 126 Å². The Kier molecular flexibility index (Phi) is 6.90. The van der Waals surface area contributed by atoms with Gasteiger partial charge in [0.25, 0.3) is 0 Å². The molecule has 9 nitrogen and oxygen atoms in total. The second kappa shape index (κ2) is 9.89. The molecule has 1 saturated heterocycles. The van der Waals surface area contributed by atoms with Crippen molar-refractivity contribution in [3.63, 3.8) is 0 Å². The maximum atomic E-state index is 13.0. The van der Waals surface area contributed by atoms with Crippen molar-refractivity contribution in [2.24, 2.45) is 11.7 Å². The lowest BCUT2D eigenvalue weighted by Gasteiger charge is -2.33. The minimum absolute atomic E-state index is 0.00656. The number of ether oxygens (including phenoxy) is 1. The number of hydrogen-bond acceptors (Lipinski definition) is 8. The average Bonchev–Trinajstić information content (AvgIpc) is 3.33. The standard InChI is InChI=1S/C23H24F3N7O2/c1-14-30-21(32-6-4-17(5-7-32)23(24,25)26)9-22(31-14)35-20-8-15(10-27)2-3-18(20)33-13-16(12-29-33)19(34)11-28/h2-3,8-9,12-13,17,19,34H,4-7,11,28H2,1H3/t19-/m0/s1. The number of nitrogens with zero attached hydrogens (tertiary/aromatic N) is 6. The van der Waals surface area contributed by atoms with Crippen LogP contribution in [0.4, 0.5) is 19.0 Å². The molecule has 3 N–H and O–H groups in total. The van der Waals surface area contributed by atoms with Crippen molar-refractivity contribution in [3.05, 3.63) is 53.6 Å². The van der Waals surface area contributed by atoms with Gasteiger partial charge in [0.1, 0.15) is 17.3 Å². The summed E-state index contributed by atoms with van der Waals surface area (Å²) in [6.45, 7) is 2.13. The van der Waals surface area contributed by atoms with E-state index in [4.69, 9.17) is 10.5 Å². The molecule has 3 aromatic rings. The first-order valence-corrected chi connectivity index (χ1v) is 11.0. The summed E-state index contributed by atoms with van der Waals surface area (Å²) < 4.78 is 46.6. The number of rotatable bonds is 6. The molecule has 35 heavy (non-hydrogen) atoms. The number of aromatic nitrogens is 4. The predicted molar refractivity (Wildman–Crippen MR) is 120 cm³/mol. The maximum Gasteiger partial charge on any atom is 0.391 e. The molecule has 1 atom stereocenters. The van der Waals surface area contributed by atoms with Crippen molar-refractivity contribution >= 4 is 5.82 Å². The minimum Gasteiger partial charge on any atom is -0.437 e. The average molecular weight is 487 g/mol. The van der Waals surface area contributed by atoms with Gasteiger partial charge in [-0.2, -0.15) is 28.5 Å². The van der Waals surface area contributed by atoms with Crippen LogP contribution in [-0.4, -0.2) is 50.7 Å². The van der Waals surface area contributed by atoms with Crippen molar-refractivity contribution in [1.82, 2.24) is 19.7 Å². The number of alkyl halides is 3. The van der Waals surface area contributed by atoms with Gasteiger partial charge in [0.15, 0.2) is 5.75 Å². The predicted octanol–water partition coefficient (Wildman–Crippen LogP) is 3.41. The van der Waals surface area contributed by atoms with E-state index in [1.54, 1.807) is 36.2 Å². The van der Waals surface area contributed by atoms with Gasteiger partial charge < -0.3 is 20.5 Å². The van der Waals surface area contributed by atoms with Crippen LogP contribution in [0.25, 0.3) is 5.69 Å². The molecule has 1 aliphatic rings. The maximum absolute atomic E-state index is 13.0. The van der Waals surface area contributed by atoms with Gasteiger partial charge in [0.2, 0.25) is 5.88 Å². The summed E-state index contributed by atoms with van der Waals surface area (Å²) in [5.74, 6) is 0.00166. The smallest absolute Gasteiger partial charge is 0.391 e. The number of nitriles is 1. The van der Waals surface area contributed by atoms with Gasteiger partial charge in [-0.1, -0.05) is 0 Å². The van der Waals surface area contributed by atoms with E-state index >= 15 is 0 Å².